The van der Waals surface area contributed by atoms with E-state index >= 15 is 0 Å². The van der Waals surface area contributed by atoms with Crippen molar-refractivity contribution in [1.29, 1.82) is 0 Å². The number of piperidine rings is 1. The van der Waals surface area contributed by atoms with Gasteiger partial charge in [-0.2, -0.15) is 0 Å². The Morgan fingerprint density at radius 2 is 2.12 bits per heavy atom. The lowest BCUT2D eigenvalue weighted by molar-refractivity contribution is -0.134. The van der Waals surface area contributed by atoms with E-state index in [0.717, 1.165) is 18.4 Å². The SMILES string of the molecule is CC1CCN(C(=O)CNC(=O)c2cc(-c3ccccc3)on2)C(CN)C1. The minimum Gasteiger partial charge on any atom is -0.355 e. The molecule has 0 spiro atoms. The average molecular weight is 356 g/mol. The third-order valence-corrected chi connectivity index (χ3v) is 4.77. The van der Waals surface area contributed by atoms with E-state index in [1.807, 2.05) is 30.3 Å². The fourth-order valence-electron chi connectivity index (χ4n) is 3.27. The molecule has 1 saturated heterocycles. The lowest BCUT2D eigenvalue weighted by atomic mass is 9.92. The molecule has 1 fully saturated rings. The Kier molecular flexibility index (Phi) is 5.68. The number of rotatable bonds is 5. The van der Waals surface area contributed by atoms with Crippen molar-refractivity contribution >= 4 is 11.8 Å². The molecule has 0 aliphatic carbocycles. The molecule has 1 aromatic heterocycles. The number of amides is 2. The molecule has 2 amide bonds. The summed E-state index contributed by atoms with van der Waals surface area (Å²) in [5, 5.41) is 6.42. The predicted octanol–water partition coefficient (Wildman–Crippen LogP) is 1.66. The summed E-state index contributed by atoms with van der Waals surface area (Å²) in [6.07, 6.45) is 1.86. The number of hydrogen-bond donors (Lipinski definition) is 2. The zero-order valence-corrected chi connectivity index (χ0v) is 14.9. The summed E-state index contributed by atoms with van der Waals surface area (Å²) >= 11 is 0. The first-order valence-corrected chi connectivity index (χ1v) is 8.88. The molecular formula is C19H24N4O3. The number of nitrogens with one attached hydrogen (secondary N) is 1. The van der Waals surface area contributed by atoms with Crippen molar-refractivity contribution in [2.75, 3.05) is 19.6 Å². The molecule has 7 nitrogen and oxygen atoms in total. The standard InChI is InChI=1S/C19H24N4O3/c1-13-7-8-23(15(9-13)11-20)18(24)12-21-19(25)16-10-17(26-22-16)14-5-3-2-4-6-14/h2-6,10,13,15H,7-9,11-12,20H2,1H3,(H,21,25). The van der Waals surface area contributed by atoms with Crippen molar-refractivity contribution in [1.82, 2.24) is 15.4 Å². The van der Waals surface area contributed by atoms with Gasteiger partial charge in [-0.3, -0.25) is 9.59 Å². The highest BCUT2D eigenvalue weighted by molar-refractivity contribution is 5.95. The van der Waals surface area contributed by atoms with Gasteiger partial charge in [0.25, 0.3) is 5.91 Å². The molecule has 0 bridgehead atoms. The Morgan fingerprint density at radius 1 is 1.35 bits per heavy atom. The molecule has 138 valence electrons. The van der Waals surface area contributed by atoms with Crippen LogP contribution < -0.4 is 11.1 Å². The van der Waals surface area contributed by atoms with Crippen LogP contribution in [0.25, 0.3) is 11.3 Å². The Hall–Kier alpha value is -2.67. The van der Waals surface area contributed by atoms with E-state index < -0.39 is 5.91 Å². The second-order valence-electron chi connectivity index (χ2n) is 6.73. The molecule has 1 aromatic carbocycles. The van der Waals surface area contributed by atoms with Gasteiger partial charge in [-0.25, -0.2) is 0 Å². The van der Waals surface area contributed by atoms with E-state index in [2.05, 4.69) is 17.4 Å². The van der Waals surface area contributed by atoms with Crippen LogP contribution in [0.15, 0.2) is 40.9 Å². The van der Waals surface area contributed by atoms with E-state index in [1.165, 1.54) is 0 Å². The number of benzene rings is 1. The highest BCUT2D eigenvalue weighted by atomic mass is 16.5. The predicted molar refractivity (Wildman–Crippen MR) is 97.2 cm³/mol. The van der Waals surface area contributed by atoms with Crippen LogP contribution in [0.1, 0.15) is 30.3 Å². The van der Waals surface area contributed by atoms with Crippen LogP contribution in [0.3, 0.4) is 0 Å². The minimum atomic E-state index is -0.432. The Morgan fingerprint density at radius 3 is 2.85 bits per heavy atom. The van der Waals surface area contributed by atoms with Crippen molar-refractivity contribution in [2.24, 2.45) is 11.7 Å². The van der Waals surface area contributed by atoms with Gasteiger partial charge in [0.15, 0.2) is 11.5 Å². The van der Waals surface area contributed by atoms with Gasteiger partial charge < -0.3 is 20.5 Å². The van der Waals surface area contributed by atoms with Crippen LogP contribution in [-0.2, 0) is 4.79 Å². The van der Waals surface area contributed by atoms with Gasteiger partial charge in [0.2, 0.25) is 5.91 Å². The van der Waals surface area contributed by atoms with Gasteiger partial charge >= 0.3 is 0 Å². The van der Waals surface area contributed by atoms with Gasteiger partial charge in [0.05, 0.1) is 6.54 Å². The van der Waals surface area contributed by atoms with Crippen LogP contribution in [0.2, 0.25) is 0 Å². The van der Waals surface area contributed by atoms with E-state index in [-0.39, 0.29) is 24.2 Å². The van der Waals surface area contributed by atoms with Crippen LogP contribution in [0.5, 0.6) is 0 Å². The first-order chi connectivity index (χ1) is 12.6. The molecule has 3 N–H and O–H groups in total. The fourth-order valence-corrected chi connectivity index (χ4v) is 3.27. The summed E-state index contributed by atoms with van der Waals surface area (Å²) in [4.78, 5) is 26.5. The molecule has 0 radical (unpaired) electrons. The average Bonchev–Trinajstić information content (AvgIpc) is 3.16. The van der Waals surface area contributed by atoms with Crippen LogP contribution in [-0.4, -0.2) is 47.5 Å². The van der Waals surface area contributed by atoms with E-state index in [0.29, 0.717) is 24.8 Å². The van der Waals surface area contributed by atoms with Crippen molar-refractivity contribution in [3.63, 3.8) is 0 Å². The maximum Gasteiger partial charge on any atom is 0.273 e. The number of carbonyl (C=O) groups excluding carboxylic acids is 2. The summed E-state index contributed by atoms with van der Waals surface area (Å²) in [6, 6.07) is 11.0. The molecule has 2 unspecified atom stereocenters. The highest BCUT2D eigenvalue weighted by Crippen LogP contribution is 2.22. The van der Waals surface area contributed by atoms with Gasteiger partial charge in [-0.15, -0.1) is 0 Å². The molecule has 2 heterocycles. The van der Waals surface area contributed by atoms with Crippen molar-refractivity contribution in [3.05, 3.63) is 42.1 Å². The smallest absolute Gasteiger partial charge is 0.273 e. The monoisotopic (exact) mass is 356 g/mol. The number of likely N-dealkylation sites (tertiary alicyclic amines) is 1. The molecule has 26 heavy (non-hydrogen) atoms. The minimum absolute atomic E-state index is 0.0416. The van der Waals surface area contributed by atoms with E-state index in [1.54, 1.807) is 11.0 Å². The Balaban J connectivity index is 1.57. The molecule has 3 rings (SSSR count). The topological polar surface area (TPSA) is 101 Å². The first-order valence-electron chi connectivity index (χ1n) is 8.88. The number of nitrogens with zero attached hydrogens (tertiary/aromatic N) is 2. The quantitative estimate of drug-likeness (QED) is 0.848. The maximum atomic E-state index is 12.4. The lowest BCUT2D eigenvalue weighted by Gasteiger charge is -2.38. The molecule has 2 aromatic rings. The summed E-state index contributed by atoms with van der Waals surface area (Å²) in [5.74, 6) is 0.524. The second-order valence-corrected chi connectivity index (χ2v) is 6.73. The molecule has 0 saturated carbocycles. The summed E-state index contributed by atoms with van der Waals surface area (Å²) < 4.78 is 5.22. The van der Waals surface area contributed by atoms with Gasteiger partial charge in [-0.1, -0.05) is 42.4 Å². The highest BCUT2D eigenvalue weighted by Gasteiger charge is 2.29. The zero-order chi connectivity index (χ0) is 18.5. The van der Waals surface area contributed by atoms with Crippen LogP contribution >= 0.6 is 0 Å². The maximum absolute atomic E-state index is 12.4. The Bertz CT molecular complexity index is 759. The third kappa shape index (κ3) is 4.11. The van der Waals surface area contributed by atoms with Gasteiger partial charge in [0, 0.05) is 30.8 Å². The zero-order valence-electron chi connectivity index (χ0n) is 14.9. The summed E-state index contributed by atoms with van der Waals surface area (Å²) in [6.45, 7) is 3.21. The van der Waals surface area contributed by atoms with Crippen molar-refractivity contribution < 1.29 is 14.1 Å². The molecule has 7 heteroatoms. The molecule has 1 aliphatic heterocycles. The van der Waals surface area contributed by atoms with Crippen LogP contribution in [0, 0.1) is 5.92 Å². The third-order valence-electron chi connectivity index (χ3n) is 4.77. The molecule has 2 atom stereocenters. The van der Waals surface area contributed by atoms with E-state index in [9.17, 15) is 9.59 Å². The molecule has 1 aliphatic rings. The van der Waals surface area contributed by atoms with Gasteiger partial charge in [-0.05, 0) is 18.8 Å². The second kappa shape index (κ2) is 8.14. The normalized spacial score (nSPS) is 20.0. The summed E-state index contributed by atoms with van der Waals surface area (Å²) in [5.41, 5.74) is 6.78. The van der Waals surface area contributed by atoms with Crippen molar-refractivity contribution in [3.8, 4) is 11.3 Å². The first kappa shape index (κ1) is 18.1. The fraction of sp³-hybridized carbons (Fsp3) is 0.421. The van der Waals surface area contributed by atoms with E-state index in [4.69, 9.17) is 10.3 Å². The van der Waals surface area contributed by atoms with Gasteiger partial charge in [0.1, 0.15) is 0 Å². The number of aromatic nitrogens is 1. The number of carbonyl (C=O) groups is 2. The Labute approximate surface area is 152 Å². The van der Waals surface area contributed by atoms with Crippen molar-refractivity contribution in [2.45, 2.75) is 25.8 Å². The number of nitrogens with two attached hydrogens (primary N) is 1. The molecular weight excluding hydrogens is 332 g/mol. The van der Waals surface area contributed by atoms with Crippen LogP contribution in [0.4, 0.5) is 0 Å². The lowest BCUT2D eigenvalue weighted by Crippen LogP contribution is -2.52. The number of hydrogen-bond acceptors (Lipinski definition) is 5. The summed E-state index contributed by atoms with van der Waals surface area (Å²) in [7, 11) is 0. The largest absolute Gasteiger partial charge is 0.355 e.